The van der Waals surface area contributed by atoms with Crippen LogP contribution in [0, 0.1) is 13.8 Å². The highest BCUT2D eigenvalue weighted by molar-refractivity contribution is 5.93. The summed E-state index contributed by atoms with van der Waals surface area (Å²) in [5, 5.41) is 13.3. The van der Waals surface area contributed by atoms with Crippen LogP contribution in [0.4, 0.5) is 5.69 Å². The van der Waals surface area contributed by atoms with Crippen molar-refractivity contribution in [3.05, 3.63) is 59.7 Å². The number of benzene rings is 2. The minimum Gasteiger partial charge on any atom is -0.491 e. The van der Waals surface area contributed by atoms with Crippen LogP contribution in [0.1, 0.15) is 11.1 Å². The molecule has 0 spiro atoms. The fraction of sp³-hybridized carbons (Fsp3) is 0.435. The molecule has 29 heavy (non-hydrogen) atoms. The van der Waals surface area contributed by atoms with Crippen LogP contribution in [0.5, 0.6) is 5.75 Å². The van der Waals surface area contributed by atoms with E-state index in [-0.39, 0.29) is 12.5 Å². The molecule has 2 aromatic carbocycles. The van der Waals surface area contributed by atoms with Gasteiger partial charge in [-0.2, -0.15) is 0 Å². The largest absolute Gasteiger partial charge is 0.491 e. The lowest BCUT2D eigenvalue weighted by Gasteiger charge is -2.35. The third kappa shape index (κ3) is 6.56. The number of carbonyl (C=O) groups is 1. The number of β-amino-alcohol motifs (C(OH)–C–C–N with tert-alkyl or cyclic N) is 1. The molecule has 0 radical (unpaired) electrons. The van der Waals surface area contributed by atoms with Crippen molar-refractivity contribution in [1.82, 2.24) is 9.80 Å². The van der Waals surface area contributed by atoms with Crippen LogP contribution in [0.25, 0.3) is 0 Å². The summed E-state index contributed by atoms with van der Waals surface area (Å²) >= 11 is 0. The number of para-hydroxylation sites is 2. The lowest BCUT2D eigenvalue weighted by molar-refractivity contribution is -0.117. The van der Waals surface area contributed by atoms with Crippen molar-refractivity contribution in [2.24, 2.45) is 0 Å². The maximum atomic E-state index is 12.4. The predicted molar refractivity (Wildman–Crippen MR) is 115 cm³/mol. The number of aliphatic hydroxyl groups is 1. The monoisotopic (exact) mass is 397 g/mol. The van der Waals surface area contributed by atoms with Gasteiger partial charge in [-0.3, -0.25) is 14.6 Å². The van der Waals surface area contributed by atoms with Gasteiger partial charge in [0.1, 0.15) is 18.5 Å². The second-order valence-electron chi connectivity index (χ2n) is 7.67. The number of piperazine rings is 1. The Kier molecular flexibility index (Phi) is 7.63. The van der Waals surface area contributed by atoms with Gasteiger partial charge in [0.05, 0.1) is 6.54 Å². The SMILES string of the molecule is Cc1cccc(C)c1NC(=O)CN1CCN(C[C@H](O)COc2ccccc2)CC1. The third-order valence-corrected chi connectivity index (χ3v) is 5.23. The van der Waals surface area contributed by atoms with Gasteiger partial charge >= 0.3 is 0 Å². The summed E-state index contributed by atoms with van der Waals surface area (Å²) in [6, 6.07) is 15.5. The summed E-state index contributed by atoms with van der Waals surface area (Å²) in [7, 11) is 0. The van der Waals surface area contributed by atoms with E-state index in [4.69, 9.17) is 4.74 Å². The van der Waals surface area contributed by atoms with Gasteiger partial charge in [-0.05, 0) is 37.1 Å². The van der Waals surface area contributed by atoms with Crippen LogP contribution in [-0.2, 0) is 4.79 Å². The van der Waals surface area contributed by atoms with E-state index in [2.05, 4.69) is 15.1 Å². The second-order valence-corrected chi connectivity index (χ2v) is 7.67. The Morgan fingerprint density at radius 2 is 1.62 bits per heavy atom. The van der Waals surface area contributed by atoms with Gasteiger partial charge in [0.2, 0.25) is 5.91 Å². The van der Waals surface area contributed by atoms with Gasteiger partial charge in [-0.25, -0.2) is 0 Å². The van der Waals surface area contributed by atoms with Crippen molar-refractivity contribution in [3.63, 3.8) is 0 Å². The number of nitrogens with zero attached hydrogens (tertiary/aromatic N) is 2. The quantitative estimate of drug-likeness (QED) is 0.716. The number of ether oxygens (including phenoxy) is 1. The van der Waals surface area contributed by atoms with Crippen LogP contribution in [0.3, 0.4) is 0 Å². The Morgan fingerprint density at radius 3 is 2.28 bits per heavy atom. The standard InChI is InChI=1S/C23H31N3O3/c1-18-7-6-8-19(2)23(18)24-22(28)16-26-13-11-25(12-14-26)15-20(27)17-29-21-9-4-3-5-10-21/h3-10,20,27H,11-17H2,1-2H3,(H,24,28)/t20-/m0/s1. The number of rotatable bonds is 8. The van der Waals surface area contributed by atoms with Crippen molar-refractivity contribution < 1.29 is 14.6 Å². The molecule has 0 unspecified atom stereocenters. The van der Waals surface area contributed by atoms with Gasteiger partial charge in [0.25, 0.3) is 0 Å². The molecule has 6 nitrogen and oxygen atoms in total. The average Bonchev–Trinajstić information content (AvgIpc) is 2.72. The third-order valence-electron chi connectivity index (χ3n) is 5.23. The van der Waals surface area contributed by atoms with E-state index in [9.17, 15) is 9.90 Å². The summed E-state index contributed by atoms with van der Waals surface area (Å²) in [6.45, 7) is 8.55. The molecule has 1 aliphatic rings. The molecule has 1 fully saturated rings. The number of aryl methyl sites for hydroxylation is 2. The van der Waals surface area contributed by atoms with Crippen LogP contribution < -0.4 is 10.1 Å². The van der Waals surface area contributed by atoms with Crippen LogP contribution in [-0.4, -0.2) is 72.8 Å². The van der Waals surface area contributed by atoms with E-state index in [1.165, 1.54) is 0 Å². The highest BCUT2D eigenvalue weighted by Gasteiger charge is 2.21. The molecule has 156 valence electrons. The molecule has 3 rings (SSSR count). The summed E-state index contributed by atoms with van der Waals surface area (Å²) < 4.78 is 5.62. The fourth-order valence-electron chi connectivity index (χ4n) is 3.58. The zero-order valence-electron chi connectivity index (χ0n) is 17.3. The summed E-state index contributed by atoms with van der Waals surface area (Å²) in [6.07, 6.45) is -0.533. The molecule has 0 aliphatic carbocycles. The summed E-state index contributed by atoms with van der Waals surface area (Å²) in [4.78, 5) is 16.8. The average molecular weight is 398 g/mol. The molecular formula is C23H31N3O3. The molecule has 2 aromatic rings. The lowest BCUT2D eigenvalue weighted by atomic mass is 10.1. The van der Waals surface area contributed by atoms with Crippen LogP contribution >= 0.6 is 0 Å². The Morgan fingerprint density at radius 1 is 1.00 bits per heavy atom. The van der Waals surface area contributed by atoms with E-state index in [1.807, 2.05) is 62.4 Å². The molecule has 1 atom stereocenters. The number of anilines is 1. The molecular weight excluding hydrogens is 366 g/mol. The van der Waals surface area contributed by atoms with Gasteiger partial charge in [-0.1, -0.05) is 36.4 Å². The number of amides is 1. The highest BCUT2D eigenvalue weighted by Crippen LogP contribution is 2.19. The minimum atomic E-state index is -0.533. The van der Waals surface area contributed by atoms with Crippen LogP contribution in [0.15, 0.2) is 48.5 Å². The lowest BCUT2D eigenvalue weighted by Crippen LogP contribution is -2.50. The molecule has 0 saturated carbocycles. The summed E-state index contributed by atoms with van der Waals surface area (Å²) in [5.74, 6) is 0.790. The Labute approximate surface area is 173 Å². The molecule has 1 aliphatic heterocycles. The predicted octanol–water partition coefficient (Wildman–Crippen LogP) is 2.30. The molecule has 2 N–H and O–H groups in total. The smallest absolute Gasteiger partial charge is 0.238 e. The number of nitrogens with one attached hydrogen (secondary N) is 1. The normalized spacial score (nSPS) is 16.4. The Bertz CT molecular complexity index is 769. The number of aliphatic hydroxyl groups excluding tert-OH is 1. The van der Waals surface area contributed by atoms with Crippen molar-refractivity contribution in [1.29, 1.82) is 0 Å². The van der Waals surface area contributed by atoms with Crippen molar-refractivity contribution in [2.45, 2.75) is 20.0 Å². The first-order chi connectivity index (χ1) is 14.0. The first-order valence-corrected chi connectivity index (χ1v) is 10.2. The fourth-order valence-corrected chi connectivity index (χ4v) is 3.58. The number of hydrogen-bond acceptors (Lipinski definition) is 5. The van der Waals surface area contributed by atoms with E-state index in [0.29, 0.717) is 13.1 Å². The van der Waals surface area contributed by atoms with E-state index < -0.39 is 6.10 Å². The van der Waals surface area contributed by atoms with Gasteiger partial charge in [0.15, 0.2) is 0 Å². The van der Waals surface area contributed by atoms with Gasteiger partial charge < -0.3 is 15.2 Å². The Balaban J connectivity index is 1.37. The minimum absolute atomic E-state index is 0.0205. The number of hydrogen-bond donors (Lipinski definition) is 2. The highest BCUT2D eigenvalue weighted by atomic mass is 16.5. The molecule has 1 saturated heterocycles. The molecule has 0 bridgehead atoms. The maximum Gasteiger partial charge on any atom is 0.238 e. The van der Waals surface area contributed by atoms with Crippen molar-refractivity contribution >= 4 is 11.6 Å². The first-order valence-electron chi connectivity index (χ1n) is 10.2. The maximum absolute atomic E-state index is 12.4. The van der Waals surface area contributed by atoms with Crippen LogP contribution in [0.2, 0.25) is 0 Å². The van der Waals surface area contributed by atoms with E-state index in [0.717, 1.165) is 48.7 Å². The molecule has 0 aromatic heterocycles. The second kappa shape index (κ2) is 10.4. The molecule has 1 amide bonds. The molecule has 6 heteroatoms. The molecule has 1 heterocycles. The van der Waals surface area contributed by atoms with Crippen molar-refractivity contribution in [3.8, 4) is 5.75 Å². The van der Waals surface area contributed by atoms with Gasteiger partial charge in [-0.15, -0.1) is 0 Å². The topological polar surface area (TPSA) is 65.0 Å². The zero-order valence-corrected chi connectivity index (χ0v) is 17.3. The zero-order chi connectivity index (χ0) is 20.6. The number of carbonyl (C=O) groups excluding carboxylic acids is 1. The van der Waals surface area contributed by atoms with E-state index >= 15 is 0 Å². The van der Waals surface area contributed by atoms with E-state index in [1.54, 1.807) is 0 Å². The first kappa shape index (κ1) is 21.3. The van der Waals surface area contributed by atoms with Crippen molar-refractivity contribution in [2.75, 3.05) is 51.2 Å². The Hall–Kier alpha value is -2.41. The summed E-state index contributed by atoms with van der Waals surface area (Å²) in [5.41, 5.74) is 3.07. The van der Waals surface area contributed by atoms with Gasteiger partial charge in [0, 0.05) is 38.4 Å².